The van der Waals surface area contributed by atoms with E-state index in [1.54, 1.807) is 4.90 Å². The number of carbonyl (C=O) groups is 1. The van der Waals surface area contributed by atoms with Crippen LogP contribution in [0.3, 0.4) is 0 Å². The number of fused-ring (bicyclic) bond motifs is 2. The Balaban J connectivity index is 1.55. The van der Waals surface area contributed by atoms with Gasteiger partial charge in [0.15, 0.2) is 0 Å². The molecule has 1 amide bonds. The molecule has 2 aliphatic rings. The largest absolute Gasteiger partial charge is 0.444 e. The molecule has 7 nitrogen and oxygen atoms in total. The minimum absolute atomic E-state index is 0.295. The number of rotatable bonds is 5. The van der Waals surface area contributed by atoms with E-state index in [0.717, 1.165) is 38.3 Å². The normalized spacial score (nSPS) is 28.7. The van der Waals surface area contributed by atoms with E-state index in [1.165, 1.54) is 0 Å². The van der Waals surface area contributed by atoms with Crippen LogP contribution in [0.4, 0.5) is 10.5 Å². The number of amides is 1. The Morgan fingerprint density at radius 2 is 1.77 bits per heavy atom. The van der Waals surface area contributed by atoms with Gasteiger partial charge in [-0.05, 0) is 58.0 Å². The summed E-state index contributed by atoms with van der Waals surface area (Å²) in [7, 11) is 0. The molecule has 2 bridgehead atoms. The molecule has 1 aromatic carbocycles. The second-order valence-electron chi connectivity index (χ2n) is 10.7. The number of piperidine rings is 2. The monoisotopic (exact) mass is 428 g/mol. The van der Waals surface area contributed by atoms with Crippen molar-refractivity contribution in [3.8, 4) is 6.07 Å². The van der Waals surface area contributed by atoms with Gasteiger partial charge in [-0.3, -0.25) is 0 Å². The van der Waals surface area contributed by atoms with Gasteiger partial charge in [0.1, 0.15) is 5.60 Å². The van der Waals surface area contributed by atoms with Gasteiger partial charge < -0.3 is 25.0 Å². The maximum absolute atomic E-state index is 12.7. The maximum Gasteiger partial charge on any atom is 0.410 e. The van der Waals surface area contributed by atoms with Crippen molar-refractivity contribution in [3.63, 3.8) is 0 Å². The number of ether oxygens (including phenoxy) is 1. The van der Waals surface area contributed by atoms with Gasteiger partial charge in [0.25, 0.3) is 0 Å². The lowest BCUT2D eigenvalue weighted by molar-refractivity contribution is -0.170. The number of aliphatic hydroxyl groups excluding tert-OH is 1. The van der Waals surface area contributed by atoms with Crippen molar-refractivity contribution in [2.45, 2.75) is 52.7 Å². The fourth-order valence-corrected chi connectivity index (χ4v) is 5.10. The van der Waals surface area contributed by atoms with Gasteiger partial charge in [-0.2, -0.15) is 5.26 Å². The fraction of sp³-hybridized carbons (Fsp3) is 0.667. The lowest BCUT2D eigenvalue weighted by Gasteiger charge is -2.59. The van der Waals surface area contributed by atoms with Gasteiger partial charge in [0, 0.05) is 49.2 Å². The number of hydrogen-bond donors (Lipinski definition) is 2. The molecule has 2 unspecified atom stereocenters. The van der Waals surface area contributed by atoms with Crippen molar-refractivity contribution in [1.29, 1.82) is 5.26 Å². The first-order valence-corrected chi connectivity index (χ1v) is 11.1. The second kappa shape index (κ2) is 8.68. The van der Waals surface area contributed by atoms with E-state index in [0.29, 0.717) is 18.7 Å². The number of carbonyl (C=O) groups excluding carboxylic acids is 1. The van der Waals surface area contributed by atoms with Crippen LogP contribution >= 0.6 is 0 Å². The molecule has 2 heterocycles. The second-order valence-corrected chi connectivity index (χ2v) is 10.7. The number of nitrogens with zero attached hydrogens (tertiary/aromatic N) is 3. The quantitative estimate of drug-likeness (QED) is 0.700. The number of benzene rings is 1. The van der Waals surface area contributed by atoms with Crippen molar-refractivity contribution in [2.75, 3.05) is 44.6 Å². The van der Waals surface area contributed by atoms with Crippen LogP contribution in [0.1, 0.15) is 46.6 Å². The molecule has 0 radical (unpaired) electrons. The smallest absolute Gasteiger partial charge is 0.410 e. The van der Waals surface area contributed by atoms with Crippen molar-refractivity contribution in [2.24, 2.45) is 10.8 Å². The summed E-state index contributed by atoms with van der Waals surface area (Å²) in [6.07, 6.45) is 0.224. The van der Waals surface area contributed by atoms with Crippen LogP contribution in [-0.4, -0.2) is 72.0 Å². The SMILES string of the molecule is CC(C)(C)OC(=O)N1CC2(C)CN(CCCNc3ccc(C#N)cc3)CC(C)(C1)C2O. The number of nitriles is 1. The van der Waals surface area contributed by atoms with Crippen LogP contribution in [0.2, 0.25) is 0 Å². The third kappa shape index (κ3) is 5.50. The summed E-state index contributed by atoms with van der Waals surface area (Å²) >= 11 is 0. The Kier molecular flexibility index (Phi) is 6.54. The first-order valence-electron chi connectivity index (χ1n) is 11.1. The summed E-state index contributed by atoms with van der Waals surface area (Å²) in [6, 6.07) is 9.60. The zero-order valence-electron chi connectivity index (χ0n) is 19.4. The summed E-state index contributed by atoms with van der Waals surface area (Å²) in [5.74, 6) is 0. The molecule has 0 aliphatic carbocycles. The van der Waals surface area contributed by atoms with Crippen LogP contribution in [0.5, 0.6) is 0 Å². The van der Waals surface area contributed by atoms with Crippen LogP contribution in [-0.2, 0) is 4.74 Å². The van der Waals surface area contributed by atoms with E-state index in [-0.39, 0.29) is 16.9 Å². The van der Waals surface area contributed by atoms with E-state index in [4.69, 9.17) is 10.00 Å². The number of hydrogen-bond acceptors (Lipinski definition) is 6. The van der Waals surface area contributed by atoms with Crippen LogP contribution < -0.4 is 5.32 Å². The average Bonchev–Trinajstić information content (AvgIpc) is 2.67. The molecule has 0 saturated carbocycles. The Labute approximate surface area is 186 Å². The molecular formula is C24H36N4O3. The number of anilines is 1. The van der Waals surface area contributed by atoms with Crippen LogP contribution in [0.25, 0.3) is 0 Å². The molecule has 2 saturated heterocycles. The third-order valence-corrected chi connectivity index (χ3v) is 6.24. The third-order valence-electron chi connectivity index (χ3n) is 6.24. The molecule has 1 aromatic rings. The highest BCUT2D eigenvalue weighted by Crippen LogP contribution is 2.46. The number of aliphatic hydroxyl groups is 1. The van der Waals surface area contributed by atoms with Crippen molar-refractivity contribution < 1.29 is 14.6 Å². The zero-order valence-corrected chi connectivity index (χ0v) is 19.4. The average molecular weight is 429 g/mol. The molecule has 2 N–H and O–H groups in total. The lowest BCUT2D eigenvalue weighted by Crippen LogP contribution is -2.71. The Morgan fingerprint density at radius 3 is 2.29 bits per heavy atom. The van der Waals surface area contributed by atoms with Crippen LogP contribution in [0, 0.1) is 22.2 Å². The van der Waals surface area contributed by atoms with Crippen molar-refractivity contribution in [1.82, 2.24) is 9.80 Å². The van der Waals surface area contributed by atoms with Crippen LogP contribution in [0.15, 0.2) is 24.3 Å². The minimum atomic E-state index is -0.530. The van der Waals surface area contributed by atoms with E-state index in [1.807, 2.05) is 45.0 Å². The van der Waals surface area contributed by atoms with Gasteiger partial charge in [-0.1, -0.05) is 13.8 Å². The molecule has 170 valence electrons. The van der Waals surface area contributed by atoms with Crippen molar-refractivity contribution >= 4 is 11.8 Å². The minimum Gasteiger partial charge on any atom is -0.444 e. The van der Waals surface area contributed by atoms with E-state index < -0.39 is 11.7 Å². The van der Waals surface area contributed by atoms with Gasteiger partial charge in [-0.15, -0.1) is 0 Å². The van der Waals surface area contributed by atoms with E-state index >= 15 is 0 Å². The summed E-state index contributed by atoms with van der Waals surface area (Å²) < 4.78 is 5.60. The summed E-state index contributed by atoms with van der Waals surface area (Å²) in [5.41, 5.74) is 0.367. The molecule has 0 aromatic heterocycles. The maximum atomic E-state index is 12.7. The summed E-state index contributed by atoms with van der Waals surface area (Å²) in [5, 5.41) is 23.4. The molecule has 2 fully saturated rings. The Bertz CT molecular complexity index is 807. The van der Waals surface area contributed by atoms with Gasteiger partial charge >= 0.3 is 6.09 Å². The van der Waals surface area contributed by atoms with E-state index in [9.17, 15) is 9.90 Å². The lowest BCUT2D eigenvalue weighted by atomic mass is 9.63. The Morgan fingerprint density at radius 1 is 1.19 bits per heavy atom. The molecular weight excluding hydrogens is 392 g/mol. The highest BCUT2D eigenvalue weighted by Gasteiger charge is 2.56. The van der Waals surface area contributed by atoms with Gasteiger partial charge in [0.2, 0.25) is 0 Å². The van der Waals surface area contributed by atoms with Gasteiger partial charge in [-0.25, -0.2) is 4.79 Å². The summed E-state index contributed by atoms with van der Waals surface area (Å²) in [6.45, 7) is 14.0. The van der Waals surface area contributed by atoms with Crippen molar-refractivity contribution in [3.05, 3.63) is 29.8 Å². The first-order chi connectivity index (χ1) is 14.4. The number of nitrogens with one attached hydrogen (secondary N) is 1. The Hall–Kier alpha value is -2.30. The molecule has 3 rings (SSSR count). The molecule has 31 heavy (non-hydrogen) atoms. The predicted octanol–water partition coefficient (Wildman–Crippen LogP) is 3.30. The summed E-state index contributed by atoms with van der Waals surface area (Å²) in [4.78, 5) is 16.9. The highest BCUT2D eigenvalue weighted by molar-refractivity contribution is 5.68. The molecule has 7 heteroatoms. The molecule has 2 atom stereocenters. The van der Waals surface area contributed by atoms with E-state index in [2.05, 4.69) is 30.1 Å². The zero-order chi connectivity index (χ0) is 22.9. The topological polar surface area (TPSA) is 88.8 Å². The van der Waals surface area contributed by atoms with Gasteiger partial charge in [0.05, 0.1) is 17.7 Å². The molecule has 2 aliphatic heterocycles. The number of likely N-dealkylation sites (tertiary alicyclic amines) is 2. The standard InChI is InChI=1S/C24H36N4O3/c1-22(2,3)31-21(30)28-16-23(4)14-27(15-24(5,17-28)20(23)29)12-6-11-26-19-9-7-18(13-25)8-10-19/h7-10,20,26,29H,6,11-12,14-17H2,1-5H3. The fourth-order valence-electron chi connectivity index (χ4n) is 5.10. The highest BCUT2D eigenvalue weighted by atomic mass is 16.6. The predicted molar refractivity (Wildman–Crippen MR) is 121 cm³/mol. The first kappa shape index (κ1) is 23.4. The molecule has 0 spiro atoms.